The van der Waals surface area contributed by atoms with Crippen LogP contribution in [0.2, 0.25) is 0 Å². The maximum atomic E-state index is 12.3. The second-order valence-corrected chi connectivity index (χ2v) is 6.20. The zero-order valence-electron chi connectivity index (χ0n) is 11.1. The zero-order chi connectivity index (χ0) is 14.0. The van der Waals surface area contributed by atoms with E-state index in [4.69, 9.17) is 0 Å². The molecular formula is C11H17N5O2S. The fourth-order valence-electron chi connectivity index (χ4n) is 2.01. The summed E-state index contributed by atoms with van der Waals surface area (Å²) in [5.41, 5.74) is 1.01. The van der Waals surface area contributed by atoms with E-state index in [-0.39, 0.29) is 10.9 Å². The van der Waals surface area contributed by atoms with E-state index in [0.717, 1.165) is 0 Å². The Morgan fingerprint density at radius 3 is 2.74 bits per heavy atom. The standard InChI is InChI=1S/C11H17N5O2S/c1-8(6-16-5-4-12-7-16)15-19(17,18)11-9(2)13-14-10(11)3/h4-5,7-8,15H,6H2,1-3H3,(H,13,14). The van der Waals surface area contributed by atoms with Gasteiger partial charge in [-0.1, -0.05) is 0 Å². The highest BCUT2D eigenvalue weighted by atomic mass is 32.2. The fourth-order valence-corrected chi connectivity index (χ4v) is 3.61. The summed E-state index contributed by atoms with van der Waals surface area (Å²) >= 11 is 0. The Morgan fingerprint density at radius 2 is 2.21 bits per heavy atom. The predicted molar refractivity (Wildman–Crippen MR) is 70.1 cm³/mol. The van der Waals surface area contributed by atoms with Crippen LogP contribution in [0.15, 0.2) is 23.6 Å². The van der Waals surface area contributed by atoms with Crippen molar-refractivity contribution in [3.05, 3.63) is 30.1 Å². The van der Waals surface area contributed by atoms with Gasteiger partial charge in [-0.25, -0.2) is 18.1 Å². The maximum Gasteiger partial charge on any atom is 0.244 e. The lowest BCUT2D eigenvalue weighted by molar-refractivity contribution is 0.520. The van der Waals surface area contributed by atoms with Gasteiger partial charge >= 0.3 is 0 Å². The topological polar surface area (TPSA) is 92.7 Å². The molecule has 1 atom stereocenters. The van der Waals surface area contributed by atoms with Crippen molar-refractivity contribution in [1.29, 1.82) is 0 Å². The van der Waals surface area contributed by atoms with E-state index in [9.17, 15) is 8.42 Å². The second-order valence-electron chi connectivity index (χ2n) is 4.54. The Labute approximate surface area is 112 Å². The number of aromatic amines is 1. The molecule has 0 fully saturated rings. The van der Waals surface area contributed by atoms with Crippen LogP contribution in [0, 0.1) is 13.8 Å². The molecule has 2 rings (SSSR count). The summed E-state index contributed by atoms with van der Waals surface area (Å²) in [7, 11) is -3.56. The van der Waals surface area contributed by atoms with Crippen molar-refractivity contribution >= 4 is 10.0 Å². The molecule has 0 bridgehead atoms. The molecule has 2 N–H and O–H groups in total. The first-order chi connectivity index (χ1) is 8.90. The number of aromatic nitrogens is 4. The number of H-pyrrole nitrogens is 1. The quantitative estimate of drug-likeness (QED) is 0.840. The summed E-state index contributed by atoms with van der Waals surface area (Å²) in [6.07, 6.45) is 5.10. The fraction of sp³-hybridized carbons (Fsp3) is 0.455. The molecule has 7 nitrogen and oxygen atoms in total. The molecule has 0 saturated heterocycles. The molecule has 8 heteroatoms. The molecule has 0 spiro atoms. The van der Waals surface area contributed by atoms with Gasteiger partial charge in [0.2, 0.25) is 10.0 Å². The van der Waals surface area contributed by atoms with Crippen LogP contribution >= 0.6 is 0 Å². The van der Waals surface area contributed by atoms with E-state index in [2.05, 4.69) is 19.9 Å². The van der Waals surface area contributed by atoms with Crippen LogP contribution in [0.5, 0.6) is 0 Å². The van der Waals surface area contributed by atoms with Gasteiger partial charge in [-0.05, 0) is 20.8 Å². The van der Waals surface area contributed by atoms with Crippen molar-refractivity contribution in [2.24, 2.45) is 0 Å². The molecule has 0 saturated carbocycles. The van der Waals surface area contributed by atoms with Crippen LogP contribution in [-0.4, -0.2) is 34.2 Å². The number of nitrogens with zero attached hydrogens (tertiary/aromatic N) is 3. The molecule has 19 heavy (non-hydrogen) atoms. The summed E-state index contributed by atoms with van der Waals surface area (Å²) in [4.78, 5) is 4.15. The first-order valence-electron chi connectivity index (χ1n) is 5.90. The smallest absolute Gasteiger partial charge is 0.244 e. The lowest BCUT2D eigenvalue weighted by atomic mass is 10.4. The van der Waals surface area contributed by atoms with Crippen molar-refractivity contribution in [2.45, 2.75) is 38.3 Å². The molecule has 0 aromatic carbocycles. The van der Waals surface area contributed by atoms with Crippen molar-refractivity contribution < 1.29 is 8.42 Å². The Kier molecular flexibility index (Phi) is 3.72. The van der Waals surface area contributed by atoms with Crippen molar-refractivity contribution in [1.82, 2.24) is 24.5 Å². The van der Waals surface area contributed by atoms with Gasteiger partial charge in [0, 0.05) is 25.0 Å². The first-order valence-corrected chi connectivity index (χ1v) is 7.38. The van der Waals surface area contributed by atoms with Gasteiger partial charge in [-0.3, -0.25) is 5.10 Å². The van der Waals surface area contributed by atoms with Crippen molar-refractivity contribution in [3.63, 3.8) is 0 Å². The number of hydrogen-bond acceptors (Lipinski definition) is 4. The van der Waals surface area contributed by atoms with Gasteiger partial charge in [0.1, 0.15) is 4.90 Å². The van der Waals surface area contributed by atoms with E-state index >= 15 is 0 Å². The highest BCUT2D eigenvalue weighted by molar-refractivity contribution is 7.89. The van der Waals surface area contributed by atoms with Crippen molar-refractivity contribution in [2.75, 3.05) is 0 Å². The van der Waals surface area contributed by atoms with Gasteiger partial charge < -0.3 is 4.57 Å². The van der Waals surface area contributed by atoms with Gasteiger partial charge in [0.25, 0.3) is 0 Å². The number of aryl methyl sites for hydroxylation is 2. The van der Waals surface area contributed by atoms with E-state index in [1.807, 2.05) is 11.5 Å². The van der Waals surface area contributed by atoms with E-state index < -0.39 is 10.0 Å². The summed E-state index contributed by atoms with van der Waals surface area (Å²) in [5.74, 6) is 0. The molecule has 2 heterocycles. The summed E-state index contributed by atoms with van der Waals surface area (Å²) in [6, 6.07) is -0.243. The van der Waals surface area contributed by atoms with Crippen LogP contribution < -0.4 is 4.72 Å². The van der Waals surface area contributed by atoms with Gasteiger partial charge in [-0.2, -0.15) is 5.10 Å². The Hall–Kier alpha value is -1.67. The van der Waals surface area contributed by atoms with E-state index in [1.165, 1.54) is 0 Å². The third-order valence-electron chi connectivity index (χ3n) is 2.73. The lowest BCUT2D eigenvalue weighted by Gasteiger charge is -2.14. The highest BCUT2D eigenvalue weighted by Crippen LogP contribution is 2.16. The Balaban J connectivity index is 2.13. The minimum Gasteiger partial charge on any atom is -0.336 e. The largest absolute Gasteiger partial charge is 0.336 e. The molecule has 0 aliphatic carbocycles. The SMILES string of the molecule is Cc1n[nH]c(C)c1S(=O)(=O)NC(C)Cn1ccnc1. The molecule has 104 valence electrons. The van der Waals surface area contributed by atoms with Crippen LogP contribution in [0.1, 0.15) is 18.3 Å². The van der Waals surface area contributed by atoms with Crippen LogP contribution in [0.4, 0.5) is 0 Å². The number of hydrogen-bond donors (Lipinski definition) is 2. The van der Waals surface area contributed by atoms with Crippen LogP contribution in [-0.2, 0) is 16.6 Å². The Morgan fingerprint density at radius 1 is 1.47 bits per heavy atom. The average Bonchev–Trinajstić information content (AvgIpc) is 2.88. The normalized spacial score (nSPS) is 13.6. The monoisotopic (exact) mass is 283 g/mol. The summed E-state index contributed by atoms with van der Waals surface area (Å²) < 4.78 is 29.0. The molecule has 1 unspecified atom stereocenters. The number of nitrogens with one attached hydrogen (secondary N) is 2. The van der Waals surface area contributed by atoms with Crippen molar-refractivity contribution in [3.8, 4) is 0 Å². The highest BCUT2D eigenvalue weighted by Gasteiger charge is 2.23. The van der Waals surface area contributed by atoms with E-state index in [0.29, 0.717) is 17.9 Å². The molecule has 0 aliphatic heterocycles. The number of sulfonamides is 1. The van der Waals surface area contributed by atoms with Gasteiger partial charge in [-0.15, -0.1) is 0 Å². The third-order valence-corrected chi connectivity index (χ3v) is 4.58. The second kappa shape index (κ2) is 5.14. The minimum absolute atomic E-state index is 0.227. The Bertz CT molecular complexity index is 625. The van der Waals surface area contributed by atoms with Crippen LogP contribution in [0.25, 0.3) is 0 Å². The van der Waals surface area contributed by atoms with E-state index in [1.54, 1.807) is 32.6 Å². The zero-order valence-corrected chi connectivity index (χ0v) is 11.9. The maximum absolute atomic E-state index is 12.3. The molecule has 0 aliphatic rings. The number of imidazole rings is 1. The third kappa shape index (κ3) is 3.02. The van der Waals surface area contributed by atoms with Gasteiger partial charge in [0.15, 0.2) is 0 Å². The molecule has 0 radical (unpaired) electrons. The first kappa shape index (κ1) is 13.8. The lowest BCUT2D eigenvalue weighted by Crippen LogP contribution is -2.35. The molecule has 0 amide bonds. The average molecular weight is 283 g/mol. The molecule has 2 aromatic heterocycles. The minimum atomic E-state index is -3.56. The number of rotatable bonds is 5. The predicted octanol–water partition coefficient (Wildman–Crippen LogP) is 0.590. The molecular weight excluding hydrogens is 266 g/mol. The summed E-state index contributed by atoms with van der Waals surface area (Å²) in [6.45, 7) is 5.69. The van der Waals surface area contributed by atoms with Gasteiger partial charge in [0.05, 0.1) is 17.7 Å². The molecule has 2 aromatic rings. The summed E-state index contributed by atoms with van der Waals surface area (Å²) in [5, 5.41) is 6.58. The van der Waals surface area contributed by atoms with Crippen LogP contribution in [0.3, 0.4) is 0 Å².